The predicted octanol–water partition coefficient (Wildman–Crippen LogP) is 2.82. The molecule has 2 heterocycles. The van der Waals surface area contributed by atoms with E-state index in [0.717, 1.165) is 17.7 Å². The molecule has 0 saturated heterocycles. The smallest absolute Gasteiger partial charge is 0.254 e. The number of aromatic nitrogens is 3. The molecule has 2 N–H and O–H groups in total. The number of carbonyl (C=O) groups is 1. The molecule has 0 spiro atoms. The van der Waals surface area contributed by atoms with Crippen LogP contribution in [0.3, 0.4) is 0 Å². The van der Waals surface area contributed by atoms with Crippen LogP contribution in [0.25, 0.3) is 0 Å². The minimum absolute atomic E-state index is 0.0205. The Kier molecular flexibility index (Phi) is 4.89. The summed E-state index contributed by atoms with van der Waals surface area (Å²) in [7, 11) is 0. The number of para-hydroxylation sites is 1. The molecule has 0 atom stereocenters. The number of carbonyl (C=O) groups excluding carboxylic acids is 1. The van der Waals surface area contributed by atoms with Gasteiger partial charge in [-0.3, -0.25) is 9.78 Å². The fourth-order valence-corrected chi connectivity index (χ4v) is 2.03. The lowest BCUT2D eigenvalue weighted by Crippen LogP contribution is -2.23. The van der Waals surface area contributed by atoms with Crippen LogP contribution in [0.15, 0.2) is 55.1 Å². The third kappa shape index (κ3) is 4.11. The zero-order valence-electron chi connectivity index (χ0n) is 12.9. The van der Waals surface area contributed by atoms with E-state index < -0.39 is 11.6 Å². The van der Waals surface area contributed by atoms with Crippen molar-refractivity contribution in [3.8, 4) is 0 Å². The number of hydrogen-bond donors (Lipinski definition) is 2. The van der Waals surface area contributed by atoms with Gasteiger partial charge >= 0.3 is 0 Å². The molecule has 0 fully saturated rings. The summed E-state index contributed by atoms with van der Waals surface area (Å²) in [6.45, 7) is 0.313. The van der Waals surface area contributed by atoms with Crippen molar-refractivity contribution < 1.29 is 13.6 Å². The highest BCUT2D eigenvalue weighted by atomic mass is 19.1. The van der Waals surface area contributed by atoms with Gasteiger partial charge in [0, 0.05) is 31.3 Å². The summed E-state index contributed by atoms with van der Waals surface area (Å²) < 4.78 is 27.2. The first-order valence-corrected chi connectivity index (χ1v) is 7.33. The summed E-state index contributed by atoms with van der Waals surface area (Å²) in [5, 5.41) is 5.16. The van der Waals surface area contributed by atoms with Crippen molar-refractivity contribution in [2.75, 3.05) is 5.32 Å². The lowest BCUT2D eigenvalue weighted by Gasteiger charge is -2.08. The molecule has 0 aliphatic heterocycles. The SMILES string of the molecule is O=C(NCc1cccnc1)c1cnc(Nc2c(F)cccc2F)nc1. The van der Waals surface area contributed by atoms with Gasteiger partial charge in [0.2, 0.25) is 5.95 Å². The van der Waals surface area contributed by atoms with Crippen molar-refractivity contribution in [1.82, 2.24) is 20.3 Å². The summed E-state index contributed by atoms with van der Waals surface area (Å²) in [6.07, 6.45) is 5.83. The highest BCUT2D eigenvalue weighted by Gasteiger charge is 2.11. The summed E-state index contributed by atoms with van der Waals surface area (Å²) in [5.74, 6) is -1.91. The fraction of sp³-hybridized carbons (Fsp3) is 0.0588. The lowest BCUT2D eigenvalue weighted by molar-refractivity contribution is 0.0950. The quantitative estimate of drug-likeness (QED) is 0.746. The second-order valence-corrected chi connectivity index (χ2v) is 5.06. The van der Waals surface area contributed by atoms with Crippen LogP contribution in [0.2, 0.25) is 0 Å². The van der Waals surface area contributed by atoms with Gasteiger partial charge < -0.3 is 10.6 Å². The normalized spacial score (nSPS) is 10.3. The number of amides is 1. The van der Waals surface area contributed by atoms with E-state index >= 15 is 0 Å². The van der Waals surface area contributed by atoms with Gasteiger partial charge in [-0.25, -0.2) is 18.7 Å². The molecule has 3 rings (SSSR count). The van der Waals surface area contributed by atoms with Crippen molar-refractivity contribution >= 4 is 17.5 Å². The Morgan fingerprint density at radius 3 is 2.36 bits per heavy atom. The maximum Gasteiger partial charge on any atom is 0.254 e. The van der Waals surface area contributed by atoms with Crippen LogP contribution in [0, 0.1) is 11.6 Å². The standard InChI is InChI=1S/C17H13F2N5O/c18-13-4-1-5-14(19)15(13)24-17-22-9-12(10-23-17)16(25)21-8-11-3-2-6-20-7-11/h1-7,9-10H,8H2,(H,21,25)(H,22,23,24). The Morgan fingerprint density at radius 1 is 1.00 bits per heavy atom. The van der Waals surface area contributed by atoms with E-state index in [4.69, 9.17) is 0 Å². The van der Waals surface area contributed by atoms with Gasteiger partial charge in [-0.2, -0.15) is 0 Å². The number of benzene rings is 1. The molecule has 126 valence electrons. The van der Waals surface area contributed by atoms with E-state index in [-0.39, 0.29) is 23.1 Å². The van der Waals surface area contributed by atoms with Gasteiger partial charge in [-0.05, 0) is 23.8 Å². The number of hydrogen-bond acceptors (Lipinski definition) is 5. The first-order valence-electron chi connectivity index (χ1n) is 7.33. The van der Waals surface area contributed by atoms with Crippen LogP contribution >= 0.6 is 0 Å². The van der Waals surface area contributed by atoms with Crippen LogP contribution < -0.4 is 10.6 Å². The number of rotatable bonds is 5. The molecule has 3 aromatic rings. The van der Waals surface area contributed by atoms with E-state index in [9.17, 15) is 13.6 Å². The highest BCUT2D eigenvalue weighted by Crippen LogP contribution is 2.20. The Morgan fingerprint density at radius 2 is 1.72 bits per heavy atom. The zero-order valence-corrected chi connectivity index (χ0v) is 12.9. The number of nitrogens with zero attached hydrogens (tertiary/aromatic N) is 3. The molecule has 6 nitrogen and oxygen atoms in total. The first kappa shape index (κ1) is 16.4. The molecule has 0 aliphatic carbocycles. The third-order valence-electron chi connectivity index (χ3n) is 3.29. The van der Waals surface area contributed by atoms with Gasteiger partial charge in [-0.15, -0.1) is 0 Å². The maximum atomic E-state index is 13.6. The molecule has 0 bridgehead atoms. The number of nitrogens with one attached hydrogen (secondary N) is 2. The van der Waals surface area contributed by atoms with Gasteiger partial charge in [-0.1, -0.05) is 12.1 Å². The van der Waals surface area contributed by atoms with E-state index in [1.165, 1.54) is 18.5 Å². The van der Waals surface area contributed by atoms with Crippen LogP contribution in [0.4, 0.5) is 20.4 Å². The summed E-state index contributed by atoms with van der Waals surface area (Å²) in [4.78, 5) is 23.8. The second-order valence-electron chi connectivity index (χ2n) is 5.06. The molecule has 0 unspecified atom stereocenters. The highest BCUT2D eigenvalue weighted by molar-refractivity contribution is 5.93. The van der Waals surface area contributed by atoms with Crippen molar-refractivity contribution in [1.29, 1.82) is 0 Å². The van der Waals surface area contributed by atoms with Gasteiger partial charge in [0.25, 0.3) is 5.91 Å². The molecule has 25 heavy (non-hydrogen) atoms. The Bertz CT molecular complexity index is 852. The largest absolute Gasteiger partial charge is 0.348 e. The van der Waals surface area contributed by atoms with Crippen molar-refractivity contribution in [2.24, 2.45) is 0 Å². The molecular formula is C17H13F2N5O. The number of anilines is 2. The molecule has 0 saturated carbocycles. The minimum Gasteiger partial charge on any atom is -0.348 e. The van der Waals surface area contributed by atoms with Crippen LogP contribution in [-0.4, -0.2) is 20.9 Å². The fourth-order valence-electron chi connectivity index (χ4n) is 2.03. The topological polar surface area (TPSA) is 79.8 Å². The maximum absolute atomic E-state index is 13.6. The third-order valence-corrected chi connectivity index (χ3v) is 3.29. The molecule has 1 amide bonds. The molecule has 8 heteroatoms. The Labute approximate surface area is 142 Å². The summed E-state index contributed by atoms with van der Waals surface area (Å²) in [5.41, 5.74) is 0.727. The Balaban J connectivity index is 1.64. The zero-order chi connectivity index (χ0) is 17.6. The summed E-state index contributed by atoms with van der Waals surface area (Å²) in [6, 6.07) is 7.09. The first-order chi connectivity index (χ1) is 12.1. The van der Waals surface area contributed by atoms with E-state index in [1.807, 2.05) is 6.07 Å². The Hall–Kier alpha value is -3.42. The van der Waals surface area contributed by atoms with Crippen molar-refractivity contribution in [3.05, 3.63) is 77.9 Å². The monoisotopic (exact) mass is 341 g/mol. The van der Waals surface area contributed by atoms with Crippen molar-refractivity contribution in [3.63, 3.8) is 0 Å². The molecule has 0 aliphatic rings. The lowest BCUT2D eigenvalue weighted by atomic mass is 10.2. The van der Waals surface area contributed by atoms with Gasteiger partial charge in [0.15, 0.2) is 0 Å². The minimum atomic E-state index is -0.762. The van der Waals surface area contributed by atoms with Crippen molar-refractivity contribution in [2.45, 2.75) is 6.54 Å². The van der Waals surface area contributed by atoms with Crippen LogP contribution in [0.1, 0.15) is 15.9 Å². The molecular weight excluding hydrogens is 328 g/mol. The van der Waals surface area contributed by atoms with Gasteiger partial charge in [0.05, 0.1) is 5.56 Å². The molecule has 2 aromatic heterocycles. The van der Waals surface area contributed by atoms with Crippen LogP contribution in [0.5, 0.6) is 0 Å². The van der Waals surface area contributed by atoms with E-state index in [0.29, 0.717) is 6.54 Å². The van der Waals surface area contributed by atoms with Crippen LogP contribution in [-0.2, 0) is 6.54 Å². The summed E-state index contributed by atoms with van der Waals surface area (Å²) >= 11 is 0. The second kappa shape index (κ2) is 7.43. The van der Waals surface area contributed by atoms with E-state index in [1.54, 1.807) is 18.5 Å². The van der Waals surface area contributed by atoms with E-state index in [2.05, 4.69) is 25.6 Å². The average Bonchev–Trinajstić information content (AvgIpc) is 2.64. The number of halogens is 2. The number of pyridine rings is 1. The molecule has 1 aromatic carbocycles. The van der Waals surface area contributed by atoms with Gasteiger partial charge in [0.1, 0.15) is 17.3 Å². The average molecular weight is 341 g/mol. The molecule has 0 radical (unpaired) electrons. The predicted molar refractivity (Wildman–Crippen MR) is 87.1 cm³/mol.